The zero-order valence-corrected chi connectivity index (χ0v) is 10.2. The van der Waals surface area contributed by atoms with Gasteiger partial charge in [-0.25, -0.2) is 0 Å². The predicted octanol–water partition coefficient (Wildman–Crippen LogP) is 0.194. The van der Waals surface area contributed by atoms with Crippen LogP contribution in [0.4, 0.5) is 5.82 Å². The van der Waals surface area contributed by atoms with E-state index >= 15 is 0 Å². The number of nitrogens with zero attached hydrogens (tertiary/aromatic N) is 4. The number of carbonyl (C=O) groups excluding carboxylic acids is 2. The van der Waals surface area contributed by atoms with Crippen molar-refractivity contribution in [1.29, 1.82) is 0 Å². The maximum absolute atomic E-state index is 12.1. The van der Waals surface area contributed by atoms with Gasteiger partial charge in [0, 0.05) is 18.8 Å². The Morgan fingerprint density at radius 2 is 2.11 bits per heavy atom. The van der Waals surface area contributed by atoms with E-state index in [0.29, 0.717) is 16.9 Å². The number of pyridine rings is 1. The summed E-state index contributed by atoms with van der Waals surface area (Å²) in [6, 6.07) is 3.22. The first-order valence-corrected chi connectivity index (χ1v) is 5.67. The molecule has 0 atom stereocenters. The molecule has 3 heterocycles. The number of hydrogen-bond donors (Lipinski definition) is 1. The Morgan fingerprint density at radius 1 is 1.32 bits per heavy atom. The number of carbonyl (C=O) groups is 2. The van der Waals surface area contributed by atoms with Crippen molar-refractivity contribution in [2.45, 2.75) is 6.54 Å². The van der Waals surface area contributed by atoms with Crippen LogP contribution in [-0.2, 0) is 13.6 Å². The van der Waals surface area contributed by atoms with Gasteiger partial charge in [0.1, 0.15) is 11.5 Å². The Kier molecular flexibility index (Phi) is 2.34. The molecule has 0 unspecified atom stereocenters. The molecular weight excluding hydrogens is 246 g/mol. The molecule has 19 heavy (non-hydrogen) atoms. The number of fused-ring (bicyclic) bond motifs is 1. The summed E-state index contributed by atoms with van der Waals surface area (Å²) in [5.41, 5.74) is 6.97. The second-order valence-electron chi connectivity index (χ2n) is 4.27. The summed E-state index contributed by atoms with van der Waals surface area (Å²) in [5, 5.41) is 3.98. The second kappa shape index (κ2) is 3.91. The minimum Gasteiger partial charge on any atom is -0.384 e. The maximum Gasteiger partial charge on any atom is 0.280 e. The van der Waals surface area contributed by atoms with Gasteiger partial charge >= 0.3 is 0 Å². The standard InChI is InChI=1S/C12H11N5O2/c1-16-10(13)7(5-15-16)6-17-11(18)8-3-2-4-14-9(8)12(17)19/h2-5H,6,13H2,1H3. The highest BCUT2D eigenvalue weighted by atomic mass is 16.2. The highest BCUT2D eigenvalue weighted by Crippen LogP contribution is 2.23. The fraction of sp³-hybridized carbons (Fsp3) is 0.167. The lowest BCUT2D eigenvalue weighted by Gasteiger charge is -2.12. The summed E-state index contributed by atoms with van der Waals surface area (Å²) in [4.78, 5) is 29.3. The van der Waals surface area contributed by atoms with Crippen LogP contribution in [0.15, 0.2) is 24.5 Å². The number of imide groups is 1. The zero-order chi connectivity index (χ0) is 13.6. The molecule has 96 valence electrons. The third-order valence-corrected chi connectivity index (χ3v) is 3.12. The van der Waals surface area contributed by atoms with Crippen LogP contribution in [0.25, 0.3) is 0 Å². The average molecular weight is 257 g/mol. The smallest absolute Gasteiger partial charge is 0.280 e. The molecule has 2 amide bonds. The summed E-state index contributed by atoms with van der Waals surface area (Å²) < 4.78 is 1.49. The lowest BCUT2D eigenvalue weighted by Crippen LogP contribution is -2.29. The number of nitrogen functional groups attached to an aromatic ring is 1. The quantitative estimate of drug-likeness (QED) is 0.775. The molecule has 7 heteroatoms. The van der Waals surface area contributed by atoms with Crippen molar-refractivity contribution in [2.75, 3.05) is 5.73 Å². The highest BCUT2D eigenvalue weighted by Gasteiger charge is 2.36. The fourth-order valence-corrected chi connectivity index (χ4v) is 2.04. The van der Waals surface area contributed by atoms with Crippen molar-refractivity contribution < 1.29 is 9.59 Å². The topological polar surface area (TPSA) is 94.1 Å². The van der Waals surface area contributed by atoms with Crippen molar-refractivity contribution in [3.05, 3.63) is 41.3 Å². The average Bonchev–Trinajstić information content (AvgIpc) is 2.86. The molecule has 0 fully saturated rings. The molecule has 0 radical (unpaired) electrons. The molecule has 2 aromatic rings. The summed E-state index contributed by atoms with van der Waals surface area (Å²) in [5.74, 6) is -0.315. The summed E-state index contributed by atoms with van der Waals surface area (Å²) in [7, 11) is 1.70. The zero-order valence-electron chi connectivity index (χ0n) is 10.2. The van der Waals surface area contributed by atoms with E-state index in [1.165, 1.54) is 10.9 Å². The second-order valence-corrected chi connectivity index (χ2v) is 4.27. The van der Waals surface area contributed by atoms with E-state index in [4.69, 9.17) is 5.73 Å². The molecule has 1 aliphatic heterocycles. The van der Waals surface area contributed by atoms with Gasteiger partial charge in [0.2, 0.25) is 0 Å². The number of nitrogens with two attached hydrogens (primary N) is 1. The van der Waals surface area contributed by atoms with Crippen LogP contribution in [0.1, 0.15) is 26.4 Å². The van der Waals surface area contributed by atoms with Gasteiger partial charge in [-0.05, 0) is 12.1 Å². The van der Waals surface area contributed by atoms with Crippen molar-refractivity contribution >= 4 is 17.6 Å². The first-order chi connectivity index (χ1) is 9.09. The number of hydrogen-bond acceptors (Lipinski definition) is 5. The molecule has 0 aliphatic carbocycles. The Hall–Kier alpha value is -2.70. The molecule has 3 rings (SSSR count). The van der Waals surface area contributed by atoms with Gasteiger partial charge in [-0.1, -0.05) is 0 Å². The fourth-order valence-electron chi connectivity index (χ4n) is 2.04. The van der Waals surface area contributed by atoms with Crippen molar-refractivity contribution in [3.8, 4) is 0 Å². The lowest BCUT2D eigenvalue weighted by molar-refractivity contribution is 0.0641. The number of aryl methyl sites for hydroxylation is 1. The van der Waals surface area contributed by atoms with Crippen LogP contribution in [0.5, 0.6) is 0 Å². The Labute approximate surface area is 108 Å². The molecule has 2 N–H and O–H groups in total. The van der Waals surface area contributed by atoms with E-state index < -0.39 is 5.91 Å². The highest BCUT2D eigenvalue weighted by molar-refractivity contribution is 6.20. The number of amides is 2. The summed E-state index contributed by atoms with van der Waals surface area (Å²) >= 11 is 0. The monoisotopic (exact) mass is 257 g/mol. The molecule has 7 nitrogen and oxygen atoms in total. The van der Waals surface area contributed by atoms with Gasteiger partial charge in [-0.15, -0.1) is 0 Å². The normalized spacial score (nSPS) is 14.1. The molecule has 0 saturated heterocycles. The Bertz CT molecular complexity index is 656. The number of anilines is 1. The van der Waals surface area contributed by atoms with Gasteiger partial charge in [0.05, 0.1) is 18.3 Å². The third-order valence-electron chi connectivity index (χ3n) is 3.12. The molecule has 0 saturated carbocycles. The van der Waals surface area contributed by atoms with Crippen LogP contribution < -0.4 is 5.73 Å². The Balaban J connectivity index is 1.95. The summed E-state index contributed by atoms with van der Waals surface area (Å²) in [6.45, 7) is 0.105. The van der Waals surface area contributed by atoms with Crippen LogP contribution in [-0.4, -0.2) is 31.5 Å². The summed E-state index contributed by atoms with van der Waals surface area (Å²) in [6.07, 6.45) is 3.04. The maximum atomic E-state index is 12.1. The number of rotatable bonds is 2. The minimum absolute atomic E-state index is 0.105. The predicted molar refractivity (Wildman–Crippen MR) is 66.1 cm³/mol. The van der Waals surface area contributed by atoms with E-state index in [0.717, 1.165) is 4.90 Å². The van der Waals surface area contributed by atoms with Gasteiger partial charge in [0.15, 0.2) is 0 Å². The van der Waals surface area contributed by atoms with Gasteiger partial charge in [0.25, 0.3) is 11.8 Å². The van der Waals surface area contributed by atoms with E-state index in [1.807, 2.05) is 0 Å². The van der Waals surface area contributed by atoms with Gasteiger partial charge in [-0.2, -0.15) is 5.10 Å². The van der Waals surface area contributed by atoms with E-state index in [1.54, 1.807) is 25.4 Å². The van der Waals surface area contributed by atoms with Gasteiger partial charge < -0.3 is 5.73 Å². The third kappa shape index (κ3) is 1.59. The first-order valence-electron chi connectivity index (χ1n) is 5.67. The largest absolute Gasteiger partial charge is 0.384 e. The Morgan fingerprint density at radius 3 is 2.74 bits per heavy atom. The molecule has 0 spiro atoms. The van der Waals surface area contributed by atoms with Crippen molar-refractivity contribution in [2.24, 2.45) is 7.05 Å². The molecule has 2 aromatic heterocycles. The van der Waals surface area contributed by atoms with E-state index in [-0.39, 0.29) is 18.1 Å². The van der Waals surface area contributed by atoms with Gasteiger partial charge in [-0.3, -0.25) is 24.2 Å². The van der Waals surface area contributed by atoms with E-state index in [2.05, 4.69) is 10.1 Å². The molecule has 0 bridgehead atoms. The SMILES string of the molecule is Cn1ncc(CN2C(=O)c3cccnc3C2=O)c1N. The molecular formula is C12H11N5O2. The molecule has 1 aliphatic rings. The van der Waals surface area contributed by atoms with Crippen molar-refractivity contribution in [3.63, 3.8) is 0 Å². The number of aromatic nitrogens is 3. The first kappa shape index (κ1) is 11.4. The molecule has 0 aromatic carbocycles. The lowest BCUT2D eigenvalue weighted by atomic mass is 10.2. The minimum atomic E-state index is -0.399. The van der Waals surface area contributed by atoms with E-state index in [9.17, 15) is 9.59 Å². The van der Waals surface area contributed by atoms with Crippen LogP contribution >= 0.6 is 0 Å². The van der Waals surface area contributed by atoms with Crippen molar-refractivity contribution in [1.82, 2.24) is 19.7 Å². The van der Waals surface area contributed by atoms with Crippen LogP contribution in [0.3, 0.4) is 0 Å². The van der Waals surface area contributed by atoms with Crippen LogP contribution in [0, 0.1) is 0 Å². The van der Waals surface area contributed by atoms with Crippen LogP contribution in [0.2, 0.25) is 0 Å².